The summed E-state index contributed by atoms with van der Waals surface area (Å²) in [5.74, 6) is 2.09. The normalized spacial score (nSPS) is 38.1. The Balaban J connectivity index is 1.65. The fourth-order valence-electron chi connectivity index (χ4n) is 3.05. The minimum atomic E-state index is 0.722. The van der Waals surface area contributed by atoms with E-state index in [0.717, 1.165) is 17.4 Å². The SMILES string of the molecule is CC1CCN(CC2CC2)C2(CC2)C1. The Hall–Kier alpha value is -0.0400. The molecule has 1 heteroatoms. The quantitative estimate of drug-likeness (QED) is 0.630. The second kappa shape index (κ2) is 2.73. The van der Waals surface area contributed by atoms with E-state index in [2.05, 4.69) is 11.8 Å². The molecule has 3 rings (SSSR count). The van der Waals surface area contributed by atoms with Gasteiger partial charge in [0.05, 0.1) is 0 Å². The van der Waals surface area contributed by atoms with Crippen LogP contribution in [0, 0.1) is 11.8 Å². The van der Waals surface area contributed by atoms with Crippen molar-refractivity contribution in [2.45, 2.75) is 51.0 Å². The Morgan fingerprint density at radius 1 is 1.23 bits per heavy atom. The zero-order valence-corrected chi connectivity index (χ0v) is 8.76. The molecule has 1 aliphatic heterocycles. The highest BCUT2D eigenvalue weighted by atomic mass is 15.2. The summed E-state index contributed by atoms with van der Waals surface area (Å²) in [6.45, 7) is 5.28. The van der Waals surface area contributed by atoms with E-state index < -0.39 is 0 Å². The lowest BCUT2D eigenvalue weighted by Gasteiger charge is -2.39. The van der Waals surface area contributed by atoms with Crippen LogP contribution in [0.5, 0.6) is 0 Å². The van der Waals surface area contributed by atoms with Crippen molar-refractivity contribution in [3.8, 4) is 0 Å². The molecule has 3 fully saturated rings. The molecule has 2 saturated carbocycles. The van der Waals surface area contributed by atoms with Crippen LogP contribution in [0.1, 0.15) is 45.4 Å². The van der Waals surface area contributed by atoms with Crippen molar-refractivity contribution in [1.29, 1.82) is 0 Å². The number of hydrogen-bond acceptors (Lipinski definition) is 1. The lowest BCUT2D eigenvalue weighted by Crippen LogP contribution is -2.44. The van der Waals surface area contributed by atoms with Gasteiger partial charge in [0.1, 0.15) is 0 Å². The van der Waals surface area contributed by atoms with E-state index in [0.29, 0.717) is 0 Å². The number of hydrogen-bond donors (Lipinski definition) is 0. The molecule has 0 bridgehead atoms. The molecule has 0 N–H and O–H groups in total. The van der Waals surface area contributed by atoms with Gasteiger partial charge in [0.2, 0.25) is 0 Å². The van der Waals surface area contributed by atoms with E-state index in [9.17, 15) is 0 Å². The van der Waals surface area contributed by atoms with Crippen LogP contribution >= 0.6 is 0 Å². The topological polar surface area (TPSA) is 3.24 Å². The highest BCUT2D eigenvalue weighted by molar-refractivity contribution is 5.07. The number of likely N-dealkylation sites (tertiary alicyclic amines) is 1. The van der Waals surface area contributed by atoms with Gasteiger partial charge in [-0.2, -0.15) is 0 Å². The molecule has 1 heterocycles. The first-order valence-corrected chi connectivity index (χ1v) is 6.04. The molecule has 1 saturated heterocycles. The molecule has 1 unspecified atom stereocenters. The lowest BCUT2D eigenvalue weighted by atomic mass is 9.90. The number of rotatable bonds is 2. The third-order valence-corrected chi connectivity index (χ3v) is 4.29. The zero-order chi connectivity index (χ0) is 8.89. The Labute approximate surface area is 81.5 Å². The molecular weight excluding hydrogens is 158 g/mol. The molecule has 1 atom stereocenters. The minimum Gasteiger partial charge on any atom is -0.297 e. The molecule has 1 nitrogen and oxygen atoms in total. The van der Waals surface area contributed by atoms with E-state index in [1.807, 2.05) is 0 Å². The Kier molecular flexibility index (Phi) is 1.74. The van der Waals surface area contributed by atoms with Gasteiger partial charge in [0.25, 0.3) is 0 Å². The molecule has 1 spiro atoms. The fraction of sp³-hybridized carbons (Fsp3) is 1.00. The first-order chi connectivity index (χ1) is 6.28. The lowest BCUT2D eigenvalue weighted by molar-refractivity contribution is 0.0945. The van der Waals surface area contributed by atoms with Crippen LogP contribution in [0.25, 0.3) is 0 Å². The zero-order valence-electron chi connectivity index (χ0n) is 8.76. The van der Waals surface area contributed by atoms with E-state index in [-0.39, 0.29) is 0 Å². The van der Waals surface area contributed by atoms with Gasteiger partial charge in [-0.25, -0.2) is 0 Å². The predicted molar refractivity (Wildman–Crippen MR) is 54.7 cm³/mol. The van der Waals surface area contributed by atoms with Crippen LogP contribution in [-0.2, 0) is 0 Å². The van der Waals surface area contributed by atoms with Crippen LogP contribution < -0.4 is 0 Å². The predicted octanol–water partition coefficient (Wildman–Crippen LogP) is 2.66. The molecule has 0 aromatic heterocycles. The van der Waals surface area contributed by atoms with Crippen LogP contribution in [-0.4, -0.2) is 23.5 Å². The van der Waals surface area contributed by atoms with Crippen molar-refractivity contribution in [3.05, 3.63) is 0 Å². The third-order valence-electron chi connectivity index (χ3n) is 4.29. The van der Waals surface area contributed by atoms with Crippen molar-refractivity contribution < 1.29 is 0 Å². The second-order valence-electron chi connectivity index (χ2n) is 5.71. The van der Waals surface area contributed by atoms with E-state index in [4.69, 9.17) is 0 Å². The van der Waals surface area contributed by atoms with Gasteiger partial charge in [-0.1, -0.05) is 6.92 Å². The fourth-order valence-corrected chi connectivity index (χ4v) is 3.05. The maximum atomic E-state index is 2.84. The minimum absolute atomic E-state index is 0.722. The monoisotopic (exact) mass is 179 g/mol. The smallest absolute Gasteiger partial charge is 0.0213 e. The first kappa shape index (κ1) is 8.28. The molecule has 0 radical (unpaired) electrons. The molecule has 0 aromatic rings. The maximum absolute atomic E-state index is 2.84. The van der Waals surface area contributed by atoms with Gasteiger partial charge in [-0.15, -0.1) is 0 Å². The standard InChI is InChI=1S/C12H21N/c1-10-4-7-13(9-11-2-3-11)12(8-10)5-6-12/h10-11H,2-9H2,1H3. The third kappa shape index (κ3) is 1.52. The number of nitrogens with zero attached hydrogens (tertiary/aromatic N) is 1. The summed E-state index contributed by atoms with van der Waals surface area (Å²) in [7, 11) is 0. The van der Waals surface area contributed by atoms with Crippen LogP contribution in [0.4, 0.5) is 0 Å². The average Bonchev–Trinajstić information content (AvgIpc) is 2.93. The summed E-state index contributed by atoms with van der Waals surface area (Å²) in [6, 6.07) is 0. The van der Waals surface area contributed by atoms with Gasteiger partial charge in [-0.05, 0) is 56.9 Å². The van der Waals surface area contributed by atoms with Gasteiger partial charge in [0, 0.05) is 12.1 Å². The Morgan fingerprint density at radius 3 is 2.62 bits per heavy atom. The molecule has 2 aliphatic carbocycles. The molecular formula is C12H21N. The van der Waals surface area contributed by atoms with Crippen molar-refractivity contribution in [2.75, 3.05) is 13.1 Å². The average molecular weight is 179 g/mol. The Morgan fingerprint density at radius 2 is 2.00 bits per heavy atom. The van der Waals surface area contributed by atoms with Crippen molar-refractivity contribution >= 4 is 0 Å². The molecule has 0 aromatic carbocycles. The molecule has 74 valence electrons. The summed E-state index contributed by atoms with van der Waals surface area (Å²) < 4.78 is 0. The number of piperidine rings is 1. The second-order valence-corrected chi connectivity index (χ2v) is 5.71. The van der Waals surface area contributed by atoms with Crippen molar-refractivity contribution in [3.63, 3.8) is 0 Å². The largest absolute Gasteiger partial charge is 0.297 e. The highest BCUT2D eigenvalue weighted by Gasteiger charge is 2.51. The van der Waals surface area contributed by atoms with Crippen molar-refractivity contribution in [1.82, 2.24) is 4.90 Å². The summed E-state index contributed by atoms with van der Waals surface area (Å²) in [4.78, 5) is 2.84. The molecule has 0 amide bonds. The van der Waals surface area contributed by atoms with E-state index in [1.54, 1.807) is 0 Å². The Bertz CT molecular complexity index is 203. The van der Waals surface area contributed by atoms with Gasteiger partial charge in [0.15, 0.2) is 0 Å². The van der Waals surface area contributed by atoms with Gasteiger partial charge >= 0.3 is 0 Å². The van der Waals surface area contributed by atoms with Crippen LogP contribution in [0.3, 0.4) is 0 Å². The van der Waals surface area contributed by atoms with Gasteiger partial charge in [-0.3, -0.25) is 4.90 Å². The summed E-state index contributed by atoms with van der Waals surface area (Å²) in [6.07, 6.45) is 8.99. The molecule has 3 aliphatic rings. The summed E-state index contributed by atoms with van der Waals surface area (Å²) in [5.41, 5.74) is 0.722. The van der Waals surface area contributed by atoms with E-state index in [1.165, 1.54) is 51.6 Å². The highest BCUT2D eigenvalue weighted by Crippen LogP contribution is 2.51. The summed E-state index contributed by atoms with van der Waals surface area (Å²) >= 11 is 0. The molecule has 13 heavy (non-hydrogen) atoms. The summed E-state index contributed by atoms with van der Waals surface area (Å²) in [5, 5.41) is 0. The van der Waals surface area contributed by atoms with E-state index >= 15 is 0 Å². The van der Waals surface area contributed by atoms with Gasteiger partial charge < -0.3 is 0 Å². The maximum Gasteiger partial charge on any atom is 0.0213 e. The van der Waals surface area contributed by atoms with Crippen LogP contribution in [0.15, 0.2) is 0 Å². The van der Waals surface area contributed by atoms with Crippen LogP contribution in [0.2, 0.25) is 0 Å². The first-order valence-electron chi connectivity index (χ1n) is 6.04. The van der Waals surface area contributed by atoms with Crippen molar-refractivity contribution in [2.24, 2.45) is 11.8 Å².